The molecule has 0 saturated carbocycles. The molecule has 1 amide bonds. The summed E-state index contributed by atoms with van der Waals surface area (Å²) in [5.41, 5.74) is 2.31. The molecule has 1 aromatic rings. The lowest BCUT2D eigenvalue weighted by Gasteiger charge is -2.17. The summed E-state index contributed by atoms with van der Waals surface area (Å²) in [5.74, 6) is 0.0471. The number of hydrogen-bond acceptors (Lipinski definition) is 3. The SMILES string of the molecule is CCC(C)NC(=O)C(C)NCc1cnccc1C. The van der Waals surface area contributed by atoms with Crippen LogP contribution in [0, 0.1) is 6.92 Å². The number of carbonyl (C=O) groups excluding carboxylic acids is 1. The van der Waals surface area contributed by atoms with Crippen LogP contribution < -0.4 is 10.6 Å². The van der Waals surface area contributed by atoms with Gasteiger partial charge in [-0.1, -0.05) is 6.92 Å². The fourth-order valence-electron chi connectivity index (χ4n) is 1.51. The van der Waals surface area contributed by atoms with Crippen molar-refractivity contribution in [3.05, 3.63) is 29.6 Å². The van der Waals surface area contributed by atoms with Crippen molar-refractivity contribution in [2.45, 2.75) is 52.7 Å². The number of carbonyl (C=O) groups is 1. The summed E-state index contributed by atoms with van der Waals surface area (Å²) < 4.78 is 0. The zero-order valence-corrected chi connectivity index (χ0v) is 11.7. The Morgan fingerprint density at radius 3 is 2.78 bits per heavy atom. The van der Waals surface area contributed by atoms with Crippen molar-refractivity contribution in [1.82, 2.24) is 15.6 Å². The summed E-state index contributed by atoms with van der Waals surface area (Å²) in [4.78, 5) is 15.9. The lowest BCUT2D eigenvalue weighted by atomic mass is 10.1. The Bertz CT molecular complexity index is 392. The summed E-state index contributed by atoms with van der Waals surface area (Å²) in [7, 11) is 0. The fraction of sp³-hybridized carbons (Fsp3) is 0.571. The molecule has 0 radical (unpaired) electrons. The van der Waals surface area contributed by atoms with Gasteiger partial charge < -0.3 is 10.6 Å². The van der Waals surface area contributed by atoms with Gasteiger partial charge in [0.15, 0.2) is 0 Å². The van der Waals surface area contributed by atoms with Crippen LogP contribution in [0.15, 0.2) is 18.5 Å². The molecule has 0 aromatic carbocycles. The lowest BCUT2D eigenvalue weighted by molar-refractivity contribution is -0.123. The summed E-state index contributed by atoms with van der Waals surface area (Å²) in [6.45, 7) is 8.65. The highest BCUT2D eigenvalue weighted by molar-refractivity contribution is 5.81. The van der Waals surface area contributed by atoms with Gasteiger partial charge in [0.05, 0.1) is 6.04 Å². The molecule has 0 saturated heterocycles. The van der Waals surface area contributed by atoms with Gasteiger partial charge in [-0.2, -0.15) is 0 Å². The van der Waals surface area contributed by atoms with Gasteiger partial charge in [0.25, 0.3) is 0 Å². The first-order chi connectivity index (χ1) is 8.54. The van der Waals surface area contributed by atoms with Gasteiger partial charge in [0.2, 0.25) is 5.91 Å². The van der Waals surface area contributed by atoms with Crippen molar-refractivity contribution >= 4 is 5.91 Å². The summed E-state index contributed by atoms with van der Waals surface area (Å²) in [6, 6.07) is 2.00. The first-order valence-corrected chi connectivity index (χ1v) is 6.47. The second kappa shape index (κ2) is 7.11. The molecule has 1 rings (SSSR count). The quantitative estimate of drug-likeness (QED) is 0.808. The first-order valence-electron chi connectivity index (χ1n) is 6.47. The highest BCUT2D eigenvalue weighted by Crippen LogP contribution is 2.04. The van der Waals surface area contributed by atoms with Crippen LogP contribution in [0.1, 0.15) is 38.3 Å². The minimum absolute atomic E-state index is 0.0471. The van der Waals surface area contributed by atoms with E-state index < -0.39 is 0 Å². The van der Waals surface area contributed by atoms with Gasteiger partial charge in [-0.25, -0.2) is 0 Å². The molecule has 2 N–H and O–H groups in total. The number of amides is 1. The van der Waals surface area contributed by atoms with Crippen LogP contribution in [0.5, 0.6) is 0 Å². The Hall–Kier alpha value is -1.42. The average Bonchev–Trinajstić information content (AvgIpc) is 2.37. The van der Waals surface area contributed by atoms with Gasteiger partial charge in [-0.3, -0.25) is 9.78 Å². The average molecular weight is 249 g/mol. The molecule has 4 heteroatoms. The van der Waals surface area contributed by atoms with E-state index in [0.717, 1.165) is 12.0 Å². The number of nitrogens with one attached hydrogen (secondary N) is 2. The van der Waals surface area contributed by atoms with E-state index >= 15 is 0 Å². The molecule has 0 fully saturated rings. The summed E-state index contributed by atoms with van der Waals surface area (Å²) >= 11 is 0. The van der Waals surface area contributed by atoms with Gasteiger partial charge in [-0.15, -0.1) is 0 Å². The topological polar surface area (TPSA) is 54.0 Å². The van der Waals surface area contributed by atoms with Crippen LogP contribution >= 0.6 is 0 Å². The maximum atomic E-state index is 11.8. The molecular formula is C14H23N3O. The van der Waals surface area contributed by atoms with Crippen molar-refractivity contribution in [3.63, 3.8) is 0 Å². The first kappa shape index (κ1) is 14.6. The maximum Gasteiger partial charge on any atom is 0.237 e. The number of rotatable bonds is 6. The second-order valence-electron chi connectivity index (χ2n) is 4.72. The molecular weight excluding hydrogens is 226 g/mol. The molecule has 0 aliphatic carbocycles. The predicted octanol–water partition coefficient (Wildman–Crippen LogP) is 1.78. The number of hydrogen-bond donors (Lipinski definition) is 2. The second-order valence-corrected chi connectivity index (χ2v) is 4.72. The maximum absolute atomic E-state index is 11.8. The third-order valence-electron chi connectivity index (χ3n) is 3.14. The molecule has 4 nitrogen and oxygen atoms in total. The van der Waals surface area contributed by atoms with Crippen molar-refractivity contribution in [3.8, 4) is 0 Å². The monoisotopic (exact) mass is 249 g/mol. The summed E-state index contributed by atoms with van der Waals surface area (Å²) in [6.07, 6.45) is 4.56. The molecule has 2 unspecified atom stereocenters. The van der Waals surface area contributed by atoms with Gasteiger partial charge >= 0.3 is 0 Å². The fourth-order valence-corrected chi connectivity index (χ4v) is 1.51. The van der Waals surface area contributed by atoms with E-state index in [2.05, 4.69) is 22.5 Å². The molecule has 0 spiro atoms. The van der Waals surface area contributed by atoms with Gasteiger partial charge in [0, 0.05) is 25.0 Å². The number of aromatic nitrogens is 1. The van der Waals surface area contributed by atoms with Gasteiger partial charge in [-0.05, 0) is 44.4 Å². The molecule has 1 aromatic heterocycles. The largest absolute Gasteiger partial charge is 0.352 e. The van der Waals surface area contributed by atoms with Crippen molar-refractivity contribution in [2.75, 3.05) is 0 Å². The van der Waals surface area contributed by atoms with E-state index in [1.807, 2.05) is 33.0 Å². The van der Waals surface area contributed by atoms with E-state index in [1.54, 1.807) is 6.20 Å². The predicted molar refractivity (Wildman–Crippen MR) is 73.2 cm³/mol. The molecule has 18 heavy (non-hydrogen) atoms. The van der Waals surface area contributed by atoms with E-state index in [1.165, 1.54) is 5.56 Å². The minimum Gasteiger partial charge on any atom is -0.352 e. The molecule has 0 aliphatic heterocycles. The van der Waals surface area contributed by atoms with Crippen LogP contribution in [0.4, 0.5) is 0 Å². The van der Waals surface area contributed by atoms with E-state index in [0.29, 0.717) is 6.54 Å². The number of aryl methyl sites for hydroxylation is 1. The van der Waals surface area contributed by atoms with E-state index in [9.17, 15) is 4.79 Å². The van der Waals surface area contributed by atoms with Crippen LogP contribution in [-0.4, -0.2) is 23.0 Å². The third-order valence-corrected chi connectivity index (χ3v) is 3.14. The van der Waals surface area contributed by atoms with Gasteiger partial charge in [0.1, 0.15) is 0 Å². The Balaban J connectivity index is 2.44. The zero-order valence-electron chi connectivity index (χ0n) is 11.7. The Morgan fingerprint density at radius 2 is 2.17 bits per heavy atom. The third kappa shape index (κ3) is 4.45. The van der Waals surface area contributed by atoms with E-state index in [4.69, 9.17) is 0 Å². The van der Waals surface area contributed by atoms with Crippen LogP contribution in [-0.2, 0) is 11.3 Å². The zero-order chi connectivity index (χ0) is 13.5. The smallest absolute Gasteiger partial charge is 0.237 e. The molecule has 0 bridgehead atoms. The van der Waals surface area contributed by atoms with Crippen LogP contribution in [0.3, 0.4) is 0 Å². The number of pyridine rings is 1. The van der Waals surface area contributed by atoms with E-state index in [-0.39, 0.29) is 18.0 Å². The highest BCUT2D eigenvalue weighted by Gasteiger charge is 2.13. The van der Waals surface area contributed by atoms with Crippen molar-refractivity contribution in [1.29, 1.82) is 0 Å². The Morgan fingerprint density at radius 1 is 1.44 bits per heavy atom. The number of nitrogens with zero attached hydrogens (tertiary/aromatic N) is 1. The minimum atomic E-state index is -0.196. The lowest BCUT2D eigenvalue weighted by Crippen LogP contribution is -2.45. The molecule has 100 valence electrons. The highest BCUT2D eigenvalue weighted by atomic mass is 16.2. The summed E-state index contributed by atoms with van der Waals surface area (Å²) in [5, 5.41) is 6.18. The van der Waals surface area contributed by atoms with Crippen molar-refractivity contribution in [2.24, 2.45) is 0 Å². The Labute approximate surface area is 109 Å². The van der Waals surface area contributed by atoms with Crippen LogP contribution in [0.25, 0.3) is 0 Å². The molecule has 0 aliphatic rings. The molecule has 1 heterocycles. The standard InChI is InChI=1S/C14H23N3O/c1-5-11(3)17-14(18)12(4)16-9-13-8-15-7-6-10(13)2/h6-8,11-12,16H,5,9H2,1-4H3,(H,17,18). The van der Waals surface area contributed by atoms with Crippen LogP contribution in [0.2, 0.25) is 0 Å². The molecule has 2 atom stereocenters. The van der Waals surface area contributed by atoms with Crippen molar-refractivity contribution < 1.29 is 4.79 Å². The Kier molecular flexibility index (Phi) is 5.78. The normalized spacial score (nSPS) is 14.0.